The summed E-state index contributed by atoms with van der Waals surface area (Å²) < 4.78 is 10.2. The van der Waals surface area contributed by atoms with Gasteiger partial charge in [0.2, 0.25) is 11.8 Å². The Labute approximate surface area is 202 Å². The SMILES string of the molecule is CCOC(=O)CCNC(=O)C(c1ccccc1C)N(C(=O)C(C)NC(=O)OC(C)(C)C)C(C)C. The summed E-state index contributed by atoms with van der Waals surface area (Å²) >= 11 is 0. The van der Waals surface area contributed by atoms with Crippen LogP contribution >= 0.6 is 0 Å². The first-order valence-electron chi connectivity index (χ1n) is 11.6. The second kappa shape index (κ2) is 13.0. The third kappa shape index (κ3) is 9.03. The number of nitrogens with zero attached hydrogens (tertiary/aromatic N) is 1. The van der Waals surface area contributed by atoms with Gasteiger partial charge in [0.25, 0.3) is 0 Å². The Hall–Kier alpha value is -3.10. The van der Waals surface area contributed by atoms with Crippen molar-refractivity contribution in [3.05, 3.63) is 35.4 Å². The number of benzene rings is 1. The summed E-state index contributed by atoms with van der Waals surface area (Å²) in [4.78, 5) is 52.2. The molecule has 9 nitrogen and oxygen atoms in total. The van der Waals surface area contributed by atoms with Gasteiger partial charge >= 0.3 is 12.1 Å². The summed E-state index contributed by atoms with van der Waals surface area (Å²) in [6.07, 6.45) is -0.699. The van der Waals surface area contributed by atoms with Gasteiger partial charge in [0.15, 0.2) is 0 Å². The van der Waals surface area contributed by atoms with Crippen LogP contribution in [0.4, 0.5) is 4.79 Å². The maximum atomic E-state index is 13.5. The number of hydrogen-bond acceptors (Lipinski definition) is 6. The van der Waals surface area contributed by atoms with E-state index in [-0.39, 0.29) is 25.6 Å². The third-order valence-corrected chi connectivity index (χ3v) is 4.86. The van der Waals surface area contributed by atoms with Gasteiger partial charge in [-0.15, -0.1) is 0 Å². The minimum absolute atomic E-state index is 0.0201. The second-order valence-electron chi connectivity index (χ2n) is 9.31. The van der Waals surface area contributed by atoms with Gasteiger partial charge in [-0.3, -0.25) is 14.4 Å². The Bertz CT molecular complexity index is 862. The maximum Gasteiger partial charge on any atom is 0.408 e. The van der Waals surface area contributed by atoms with Crippen molar-refractivity contribution in [3.8, 4) is 0 Å². The summed E-state index contributed by atoms with van der Waals surface area (Å²) in [5.74, 6) is -1.28. The molecular formula is C25H39N3O6. The van der Waals surface area contributed by atoms with Crippen LogP contribution in [0.5, 0.6) is 0 Å². The highest BCUT2D eigenvalue weighted by Gasteiger charge is 2.36. The number of ether oxygens (including phenoxy) is 2. The van der Waals surface area contributed by atoms with E-state index in [0.717, 1.165) is 5.56 Å². The van der Waals surface area contributed by atoms with Gasteiger partial charge in [0.05, 0.1) is 13.0 Å². The van der Waals surface area contributed by atoms with E-state index in [9.17, 15) is 19.2 Å². The van der Waals surface area contributed by atoms with Gasteiger partial charge in [0, 0.05) is 12.6 Å². The minimum Gasteiger partial charge on any atom is -0.466 e. The summed E-state index contributed by atoms with van der Waals surface area (Å²) in [6.45, 7) is 14.3. The van der Waals surface area contributed by atoms with Crippen molar-refractivity contribution in [2.24, 2.45) is 0 Å². The highest BCUT2D eigenvalue weighted by Crippen LogP contribution is 2.27. The number of hydrogen-bond donors (Lipinski definition) is 2. The van der Waals surface area contributed by atoms with Crippen molar-refractivity contribution in [3.63, 3.8) is 0 Å². The fourth-order valence-electron chi connectivity index (χ4n) is 3.38. The molecule has 2 N–H and O–H groups in total. The maximum absolute atomic E-state index is 13.5. The van der Waals surface area contributed by atoms with Crippen LogP contribution < -0.4 is 10.6 Å². The zero-order valence-corrected chi connectivity index (χ0v) is 21.6. The van der Waals surface area contributed by atoms with Crippen molar-refractivity contribution in [1.82, 2.24) is 15.5 Å². The van der Waals surface area contributed by atoms with Crippen molar-refractivity contribution >= 4 is 23.9 Å². The molecule has 190 valence electrons. The molecule has 0 aliphatic carbocycles. The van der Waals surface area contributed by atoms with E-state index in [1.807, 2.05) is 19.1 Å². The molecule has 2 unspecified atom stereocenters. The van der Waals surface area contributed by atoms with Crippen LogP contribution in [0, 0.1) is 6.92 Å². The Morgan fingerprint density at radius 2 is 1.68 bits per heavy atom. The van der Waals surface area contributed by atoms with Crippen LogP contribution in [-0.4, -0.2) is 59.6 Å². The molecule has 0 saturated heterocycles. The molecule has 1 aromatic carbocycles. The summed E-state index contributed by atoms with van der Waals surface area (Å²) in [5, 5.41) is 5.31. The topological polar surface area (TPSA) is 114 Å². The number of amides is 3. The molecule has 3 amide bonds. The standard InChI is InChI=1S/C25H39N3O6/c1-9-33-20(29)14-15-26-22(30)21(19-13-11-10-12-17(19)4)28(16(2)3)23(31)18(5)27-24(32)34-25(6,7)8/h10-13,16,18,21H,9,14-15H2,1-8H3,(H,26,30)(H,27,32). The Kier molecular flexibility index (Phi) is 11.0. The molecule has 1 rings (SSSR count). The van der Waals surface area contributed by atoms with E-state index < -0.39 is 41.6 Å². The molecule has 0 spiro atoms. The smallest absolute Gasteiger partial charge is 0.408 e. The van der Waals surface area contributed by atoms with Crippen molar-refractivity contribution < 1.29 is 28.7 Å². The van der Waals surface area contributed by atoms with Gasteiger partial charge < -0.3 is 25.0 Å². The number of alkyl carbamates (subject to hydrolysis) is 1. The molecule has 9 heteroatoms. The Morgan fingerprint density at radius 1 is 1.06 bits per heavy atom. The first-order valence-corrected chi connectivity index (χ1v) is 11.6. The van der Waals surface area contributed by atoms with Gasteiger partial charge in [-0.2, -0.15) is 0 Å². The van der Waals surface area contributed by atoms with E-state index in [0.29, 0.717) is 5.56 Å². The summed E-state index contributed by atoms with van der Waals surface area (Å²) in [7, 11) is 0. The average Bonchev–Trinajstić information content (AvgIpc) is 2.70. The molecular weight excluding hydrogens is 438 g/mol. The van der Waals surface area contributed by atoms with Gasteiger partial charge in [-0.1, -0.05) is 24.3 Å². The zero-order valence-electron chi connectivity index (χ0n) is 21.6. The fraction of sp³-hybridized carbons (Fsp3) is 0.600. The molecule has 0 heterocycles. The Morgan fingerprint density at radius 3 is 2.21 bits per heavy atom. The van der Waals surface area contributed by atoms with Crippen molar-refractivity contribution in [2.45, 2.75) is 85.5 Å². The quantitative estimate of drug-likeness (QED) is 0.500. The van der Waals surface area contributed by atoms with E-state index in [2.05, 4.69) is 10.6 Å². The van der Waals surface area contributed by atoms with Gasteiger partial charge in [-0.25, -0.2) is 4.79 Å². The number of aryl methyl sites for hydroxylation is 1. The molecule has 0 bridgehead atoms. The zero-order chi connectivity index (χ0) is 26.1. The lowest BCUT2D eigenvalue weighted by Gasteiger charge is -2.37. The molecule has 0 aliphatic heterocycles. The molecule has 34 heavy (non-hydrogen) atoms. The molecule has 1 aromatic rings. The lowest BCUT2D eigenvalue weighted by Crippen LogP contribution is -2.54. The van der Waals surface area contributed by atoms with Crippen LogP contribution in [0.3, 0.4) is 0 Å². The molecule has 0 radical (unpaired) electrons. The van der Waals surface area contributed by atoms with Gasteiger partial charge in [-0.05, 0) is 66.5 Å². The number of rotatable bonds is 10. The minimum atomic E-state index is -0.959. The van der Waals surface area contributed by atoms with Crippen LogP contribution in [0.15, 0.2) is 24.3 Å². The lowest BCUT2D eigenvalue weighted by atomic mass is 9.97. The lowest BCUT2D eigenvalue weighted by molar-refractivity contribution is -0.145. The molecule has 0 aromatic heterocycles. The van der Waals surface area contributed by atoms with Crippen LogP contribution in [-0.2, 0) is 23.9 Å². The number of nitrogens with one attached hydrogen (secondary N) is 2. The number of carbonyl (C=O) groups is 4. The van der Waals surface area contributed by atoms with Crippen LogP contribution in [0.2, 0.25) is 0 Å². The van der Waals surface area contributed by atoms with Crippen molar-refractivity contribution in [2.75, 3.05) is 13.2 Å². The monoisotopic (exact) mass is 477 g/mol. The summed E-state index contributed by atoms with van der Waals surface area (Å²) in [5.41, 5.74) is 0.773. The molecule has 0 fully saturated rings. The first-order chi connectivity index (χ1) is 15.8. The second-order valence-corrected chi connectivity index (χ2v) is 9.31. The summed E-state index contributed by atoms with van der Waals surface area (Å²) in [6, 6.07) is 5.04. The molecule has 0 aliphatic rings. The van der Waals surface area contributed by atoms with Gasteiger partial charge in [0.1, 0.15) is 17.7 Å². The highest BCUT2D eigenvalue weighted by molar-refractivity contribution is 5.92. The van der Waals surface area contributed by atoms with Crippen molar-refractivity contribution in [1.29, 1.82) is 0 Å². The predicted molar refractivity (Wildman–Crippen MR) is 129 cm³/mol. The molecule has 0 saturated carbocycles. The molecule has 2 atom stereocenters. The van der Waals surface area contributed by atoms with Crippen LogP contribution in [0.1, 0.15) is 72.1 Å². The fourth-order valence-corrected chi connectivity index (χ4v) is 3.38. The Balaban J connectivity index is 3.20. The predicted octanol–water partition coefficient (Wildman–Crippen LogP) is 3.26. The largest absolute Gasteiger partial charge is 0.466 e. The number of carbonyl (C=O) groups excluding carboxylic acids is 4. The highest BCUT2D eigenvalue weighted by atomic mass is 16.6. The van der Waals surface area contributed by atoms with E-state index in [1.165, 1.54) is 4.90 Å². The average molecular weight is 478 g/mol. The normalized spacial score (nSPS) is 13.0. The van der Waals surface area contributed by atoms with E-state index in [1.54, 1.807) is 60.6 Å². The number of esters is 1. The van der Waals surface area contributed by atoms with E-state index in [4.69, 9.17) is 9.47 Å². The van der Waals surface area contributed by atoms with Crippen LogP contribution in [0.25, 0.3) is 0 Å². The van der Waals surface area contributed by atoms with E-state index >= 15 is 0 Å². The first kappa shape index (κ1) is 28.9. The third-order valence-electron chi connectivity index (χ3n) is 4.86.